The molecule has 83 heavy (non-hydrogen) atoms. The Labute approximate surface area is 511 Å². The fourth-order valence-electron chi connectivity index (χ4n) is 8.95. The minimum absolute atomic E-state index is 0.0979. The van der Waals surface area contributed by atoms with Crippen molar-refractivity contribution >= 4 is 17.9 Å². The summed E-state index contributed by atoms with van der Waals surface area (Å²) in [5.41, 5.74) is 0. The average Bonchev–Trinajstić information content (AvgIpc) is 3.49. The second-order valence-corrected chi connectivity index (χ2v) is 22.0. The maximum absolute atomic E-state index is 12.8. The number of unbranched alkanes of at least 4 members (excludes halogenated alkanes) is 23. The van der Waals surface area contributed by atoms with Gasteiger partial charge in [0.1, 0.15) is 13.2 Å². The van der Waals surface area contributed by atoms with Crippen LogP contribution in [0.25, 0.3) is 0 Å². The summed E-state index contributed by atoms with van der Waals surface area (Å²) in [4.78, 5) is 38.0. The molecule has 0 N–H and O–H groups in total. The van der Waals surface area contributed by atoms with E-state index in [0.717, 1.165) is 141 Å². The standard InChI is InChI=1S/C77H124O6/c1-4-7-10-13-15-17-19-21-23-25-27-29-31-33-35-36-37-38-39-40-42-43-45-47-49-51-53-55-57-59-61-64-67-70-76(79)82-73-74(72-81-75(78)69-66-63-12-9-6-3)83-77(80)71-68-65-62-60-58-56-54-52-50-48-46-44-41-34-32-30-28-26-24-22-20-18-16-14-11-8-5-2/h7,10,15,17,20-23,26-29,32-35,37-38,40,42,45,47,51,53,57,59,74H,4-6,8-9,11-14,16,18-19,24-25,30-31,36,39,41,43-44,46,48-50,52,54-56,58,60-73H2,1-3H3/b10-7-,17-15-,22-20-,23-21-,28-26-,29-27-,34-32-,35-33-,38-37-,42-40-,47-45-,53-51-,59-57-. The number of carbonyl (C=O) groups is 3. The number of allylic oxidation sites excluding steroid dienone is 26. The number of hydrogen-bond acceptors (Lipinski definition) is 6. The van der Waals surface area contributed by atoms with Crippen LogP contribution < -0.4 is 0 Å². The third-order valence-corrected chi connectivity index (χ3v) is 14.0. The van der Waals surface area contributed by atoms with Crippen LogP contribution in [0.1, 0.15) is 290 Å². The zero-order chi connectivity index (χ0) is 59.9. The van der Waals surface area contributed by atoms with Crippen LogP contribution in [0.4, 0.5) is 0 Å². The van der Waals surface area contributed by atoms with Gasteiger partial charge in [-0.15, -0.1) is 0 Å². The van der Waals surface area contributed by atoms with E-state index in [2.05, 4.69) is 179 Å². The normalized spacial score (nSPS) is 13.1. The molecule has 0 saturated heterocycles. The number of carbonyl (C=O) groups excluding carboxylic acids is 3. The average molecular weight is 1150 g/mol. The molecular formula is C77H124O6. The lowest BCUT2D eigenvalue weighted by Gasteiger charge is -2.18. The first kappa shape index (κ1) is 78.0. The highest BCUT2D eigenvalue weighted by molar-refractivity contribution is 5.71. The maximum atomic E-state index is 12.8. The molecule has 1 atom stereocenters. The predicted octanol–water partition coefficient (Wildman–Crippen LogP) is 23.7. The van der Waals surface area contributed by atoms with Crippen molar-refractivity contribution < 1.29 is 28.6 Å². The summed E-state index contributed by atoms with van der Waals surface area (Å²) < 4.78 is 16.7. The zero-order valence-electron chi connectivity index (χ0n) is 53.7. The highest BCUT2D eigenvalue weighted by atomic mass is 16.6. The van der Waals surface area contributed by atoms with Crippen LogP contribution in [-0.2, 0) is 28.6 Å². The van der Waals surface area contributed by atoms with Gasteiger partial charge in [-0.1, -0.05) is 294 Å². The third kappa shape index (κ3) is 67.7. The smallest absolute Gasteiger partial charge is 0.306 e. The summed E-state index contributed by atoms with van der Waals surface area (Å²) in [5.74, 6) is -0.961. The summed E-state index contributed by atoms with van der Waals surface area (Å²) in [6.07, 6.45) is 102. The van der Waals surface area contributed by atoms with E-state index in [1.54, 1.807) is 0 Å². The first-order valence-electron chi connectivity index (χ1n) is 34.0. The van der Waals surface area contributed by atoms with Gasteiger partial charge in [0.05, 0.1) is 0 Å². The van der Waals surface area contributed by atoms with Crippen molar-refractivity contribution in [1.29, 1.82) is 0 Å². The molecule has 0 bridgehead atoms. The Morgan fingerprint density at radius 1 is 0.253 bits per heavy atom. The molecule has 0 radical (unpaired) electrons. The van der Waals surface area contributed by atoms with Crippen molar-refractivity contribution in [2.24, 2.45) is 0 Å². The summed E-state index contributed by atoms with van der Waals surface area (Å²) in [5, 5.41) is 0. The largest absolute Gasteiger partial charge is 0.462 e. The van der Waals surface area contributed by atoms with E-state index < -0.39 is 6.10 Å². The molecule has 0 aliphatic heterocycles. The molecule has 0 heterocycles. The first-order valence-corrected chi connectivity index (χ1v) is 34.0. The number of esters is 3. The van der Waals surface area contributed by atoms with Gasteiger partial charge >= 0.3 is 17.9 Å². The van der Waals surface area contributed by atoms with Crippen molar-refractivity contribution in [3.05, 3.63) is 158 Å². The summed E-state index contributed by atoms with van der Waals surface area (Å²) in [6.45, 7) is 6.39. The summed E-state index contributed by atoms with van der Waals surface area (Å²) in [7, 11) is 0. The lowest BCUT2D eigenvalue weighted by Crippen LogP contribution is -2.30. The molecule has 6 heteroatoms. The topological polar surface area (TPSA) is 78.9 Å². The Bertz CT molecular complexity index is 1840. The van der Waals surface area contributed by atoms with E-state index in [0.29, 0.717) is 25.7 Å². The van der Waals surface area contributed by atoms with Crippen molar-refractivity contribution in [3.63, 3.8) is 0 Å². The minimum Gasteiger partial charge on any atom is -0.462 e. The third-order valence-electron chi connectivity index (χ3n) is 14.0. The van der Waals surface area contributed by atoms with E-state index in [4.69, 9.17) is 14.2 Å². The molecule has 0 aromatic rings. The van der Waals surface area contributed by atoms with Crippen LogP contribution >= 0.6 is 0 Å². The van der Waals surface area contributed by atoms with E-state index in [9.17, 15) is 14.4 Å². The molecule has 468 valence electrons. The van der Waals surface area contributed by atoms with Crippen molar-refractivity contribution in [2.75, 3.05) is 13.2 Å². The van der Waals surface area contributed by atoms with Gasteiger partial charge in [-0.05, 0) is 135 Å². The molecule has 0 aromatic heterocycles. The Morgan fingerprint density at radius 2 is 0.470 bits per heavy atom. The lowest BCUT2D eigenvalue weighted by molar-refractivity contribution is -0.167. The van der Waals surface area contributed by atoms with Gasteiger partial charge < -0.3 is 14.2 Å². The quantitative estimate of drug-likeness (QED) is 0.0261. The highest BCUT2D eigenvalue weighted by Crippen LogP contribution is 2.15. The van der Waals surface area contributed by atoms with Crippen LogP contribution in [0.5, 0.6) is 0 Å². The Balaban J connectivity index is 4.15. The highest BCUT2D eigenvalue weighted by Gasteiger charge is 2.19. The van der Waals surface area contributed by atoms with Crippen LogP contribution in [0.3, 0.4) is 0 Å². The molecule has 0 amide bonds. The van der Waals surface area contributed by atoms with Crippen LogP contribution in [-0.4, -0.2) is 37.2 Å². The fraction of sp³-hybridized carbons (Fsp3) is 0.623. The van der Waals surface area contributed by atoms with Gasteiger partial charge in [-0.25, -0.2) is 0 Å². The van der Waals surface area contributed by atoms with Gasteiger partial charge in [0.15, 0.2) is 6.10 Å². The maximum Gasteiger partial charge on any atom is 0.306 e. The van der Waals surface area contributed by atoms with E-state index >= 15 is 0 Å². The monoisotopic (exact) mass is 1140 g/mol. The van der Waals surface area contributed by atoms with Gasteiger partial charge in [0.25, 0.3) is 0 Å². The van der Waals surface area contributed by atoms with Crippen LogP contribution in [0, 0.1) is 0 Å². The molecule has 0 saturated carbocycles. The number of rotatable bonds is 60. The molecule has 0 aliphatic rings. The van der Waals surface area contributed by atoms with Crippen LogP contribution in [0.15, 0.2) is 158 Å². The molecule has 0 fully saturated rings. The Morgan fingerprint density at radius 3 is 0.759 bits per heavy atom. The van der Waals surface area contributed by atoms with Crippen LogP contribution in [0.2, 0.25) is 0 Å². The molecule has 0 spiro atoms. The molecule has 6 nitrogen and oxygen atoms in total. The molecular weight excluding hydrogens is 1020 g/mol. The van der Waals surface area contributed by atoms with E-state index in [1.807, 2.05) is 0 Å². The van der Waals surface area contributed by atoms with E-state index in [1.165, 1.54) is 103 Å². The van der Waals surface area contributed by atoms with Gasteiger partial charge in [-0.3, -0.25) is 14.4 Å². The molecule has 0 aromatic carbocycles. The molecule has 1 unspecified atom stereocenters. The van der Waals surface area contributed by atoms with Gasteiger partial charge in [0.2, 0.25) is 0 Å². The molecule has 0 aliphatic carbocycles. The summed E-state index contributed by atoms with van der Waals surface area (Å²) in [6, 6.07) is 0. The van der Waals surface area contributed by atoms with E-state index in [-0.39, 0.29) is 31.1 Å². The number of ether oxygens (including phenoxy) is 3. The second-order valence-electron chi connectivity index (χ2n) is 22.0. The fourth-order valence-corrected chi connectivity index (χ4v) is 8.95. The van der Waals surface area contributed by atoms with Gasteiger partial charge in [-0.2, -0.15) is 0 Å². The second kappa shape index (κ2) is 69.5. The van der Waals surface area contributed by atoms with Crippen molar-refractivity contribution in [2.45, 2.75) is 297 Å². The van der Waals surface area contributed by atoms with Gasteiger partial charge in [0, 0.05) is 19.3 Å². The number of hydrogen-bond donors (Lipinski definition) is 0. The molecule has 0 rings (SSSR count). The van der Waals surface area contributed by atoms with Crippen molar-refractivity contribution in [1.82, 2.24) is 0 Å². The SMILES string of the molecule is CC/C=C\C/C=C\C/C=C\C/C=C\C/C=C\C/C=C\C/C=C\C/C=C\C/C=C\C/C=C\CCCCC(=O)OCC(COC(=O)CCCCCCC)OC(=O)CCCCCCCCCCCCCC/C=C\C/C=C\C/C=C\CCCCCCC. The first-order chi connectivity index (χ1) is 41.0. The predicted molar refractivity (Wildman–Crippen MR) is 362 cm³/mol. The lowest BCUT2D eigenvalue weighted by atomic mass is 10.0. The minimum atomic E-state index is -0.801. The Hall–Kier alpha value is -4.97. The summed E-state index contributed by atoms with van der Waals surface area (Å²) >= 11 is 0. The Kier molecular flexibility index (Phi) is 65.4. The zero-order valence-corrected chi connectivity index (χ0v) is 53.7. The van der Waals surface area contributed by atoms with Crippen molar-refractivity contribution in [3.8, 4) is 0 Å².